The number of nitrogens with zero attached hydrogens (tertiary/aromatic N) is 1. The van der Waals surface area contributed by atoms with Crippen LogP contribution in [0.1, 0.15) is 75.0 Å². The van der Waals surface area contributed by atoms with E-state index < -0.39 is 5.97 Å². The van der Waals surface area contributed by atoms with Crippen molar-refractivity contribution >= 4 is 5.97 Å². The average Bonchev–Trinajstić information content (AvgIpc) is 2.81. The standard InChI is InChI=1S/C14H21NO3/c1-8-6-5-7-9(8)12-15-11(14(2,3)4)10(18-12)13(16)17/h8-9H,5-7H2,1-4H3,(H,16,17). The summed E-state index contributed by atoms with van der Waals surface area (Å²) in [6.07, 6.45) is 3.38. The van der Waals surface area contributed by atoms with Gasteiger partial charge in [-0.25, -0.2) is 9.78 Å². The molecule has 4 heteroatoms. The first-order valence-electron chi connectivity index (χ1n) is 6.55. The maximum atomic E-state index is 11.2. The lowest BCUT2D eigenvalue weighted by Gasteiger charge is -2.15. The first kappa shape index (κ1) is 13.1. The molecule has 0 spiro atoms. The van der Waals surface area contributed by atoms with Crippen molar-refractivity contribution in [2.45, 2.75) is 58.3 Å². The van der Waals surface area contributed by atoms with Crippen molar-refractivity contribution in [2.75, 3.05) is 0 Å². The van der Waals surface area contributed by atoms with Gasteiger partial charge in [0, 0.05) is 11.3 Å². The lowest BCUT2D eigenvalue weighted by molar-refractivity contribution is 0.0655. The van der Waals surface area contributed by atoms with E-state index in [9.17, 15) is 9.90 Å². The van der Waals surface area contributed by atoms with E-state index in [1.54, 1.807) is 0 Å². The Bertz CT molecular complexity index is 456. The first-order chi connectivity index (χ1) is 8.30. The van der Waals surface area contributed by atoms with Crippen LogP contribution >= 0.6 is 0 Å². The highest BCUT2D eigenvalue weighted by Crippen LogP contribution is 2.40. The fourth-order valence-corrected chi connectivity index (χ4v) is 2.66. The molecule has 0 bridgehead atoms. The molecule has 1 aliphatic carbocycles. The number of carbonyl (C=O) groups is 1. The van der Waals surface area contributed by atoms with Crippen LogP contribution in [0.4, 0.5) is 0 Å². The van der Waals surface area contributed by atoms with Gasteiger partial charge in [-0.05, 0) is 18.8 Å². The molecule has 0 amide bonds. The molecule has 1 aliphatic rings. The van der Waals surface area contributed by atoms with E-state index in [1.807, 2.05) is 20.8 Å². The van der Waals surface area contributed by atoms with Gasteiger partial charge in [0.05, 0.1) is 5.69 Å². The van der Waals surface area contributed by atoms with Gasteiger partial charge in [-0.2, -0.15) is 0 Å². The molecule has 1 fully saturated rings. The van der Waals surface area contributed by atoms with E-state index in [1.165, 1.54) is 12.8 Å². The van der Waals surface area contributed by atoms with Crippen molar-refractivity contribution in [1.82, 2.24) is 4.98 Å². The Hall–Kier alpha value is -1.32. The third kappa shape index (κ3) is 2.28. The van der Waals surface area contributed by atoms with Crippen molar-refractivity contribution in [2.24, 2.45) is 5.92 Å². The van der Waals surface area contributed by atoms with Gasteiger partial charge >= 0.3 is 5.97 Å². The van der Waals surface area contributed by atoms with Crippen LogP contribution in [0.3, 0.4) is 0 Å². The minimum absolute atomic E-state index is 0.0107. The number of hydrogen-bond acceptors (Lipinski definition) is 3. The van der Waals surface area contributed by atoms with Gasteiger partial charge in [0.1, 0.15) is 0 Å². The van der Waals surface area contributed by atoms with E-state index in [0.717, 1.165) is 6.42 Å². The summed E-state index contributed by atoms with van der Waals surface area (Å²) < 4.78 is 5.55. The summed E-state index contributed by atoms with van der Waals surface area (Å²) in [4.78, 5) is 15.7. The minimum Gasteiger partial charge on any atom is -0.475 e. The Morgan fingerprint density at radius 1 is 1.39 bits per heavy atom. The summed E-state index contributed by atoms with van der Waals surface area (Å²) in [6, 6.07) is 0. The highest BCUT2D eigenvalue weighted by molar-refractivity contribution is 5.86. The van der Waals surface area contributed by atoms with E-state index in [-0.39, 0.29) is 17.1 Å². The molecular formula is C14H21NO3. The molecule has 1 heterocycles. The third-order valence-corrected chi connectivity index (χ3v) is 3.73. The molecular weight excluding hydrogens is 230 g/mol. The van der Waals surface area contributed by atoms with Gasteiger partial charge < -0.3 is 9.52 Å². The summed E-state index contributed by atoms with van der Waals surface area (Å²) in [7, 11) is 0. The number of rotatable bonds is 2. The number of carboxylic acid groups (broad SMARTS) is 1. The predicted molar refractivity (Wildman–Crippen MR) is 67.9 cm³/mol. The normalized spacial score (nSPS) is 24.4. The van der Waals surface area contributed by atoms with Gasteiger partial charge in [0.25, 0.3) is 0 Å². The predicted octanol–water partition coefficient (Wildman–Crippen LogP) is 3.57. The summed E-state index contributed by atoms with van der Waals surface area (Å²) in [5, 5.41) is 9.22. The highest BCUT2D eigenvalue weighted by atomic mass is 16.4. The molecule has 1 aromatic rings. The first-order valence-corrected chi connectivity index (χ1v) is 6.55. The Balaban J connectivity index is 2.42. The van der Waals surface area contributed by atoms with Crippen molar-refractivity contribution in [3.05, 3.63) is 17.3 Å². The minimum atomic E-state index is -1.02. The highest BCUT2D eigenvalue weighted by Gasteiger charge is 2.34. The Kier molecular flexibility index (Phi) is 3.21. The van der Waals surface area contributed by atoms with Gasteiger partial charge in [0.2, 0.25) is 5.76 Å². The number of hydrogen-bond donors (Lipinski definition) is 1. The molecule has 0 aromatic carbocycles. The average molecular weight is 251 g/mol. The molecule has 100 valence electrons. The van der Waals surface area contributed by atoms with Crippen LogP contribution < -0.4 is 0 Å². The monoisotopic (exact) mass is 251 g/mol. The van der Waals surface area contributed by atoms with Gasteiger partial charge in [0.15, 0.2) is 5.89 Å². The topological polar surface area (TPSA) is 63.3 Å². The molecule has 4 nitrogen and oxygen atoms in total. The maximum Gasteiger partial charge on any atom is 0.373 e. The number of aromatic carboxylic acids is 1. The summed E-state index contributed by atoms with van der Waals surface area (Å²) in [5.74, 6) is 0.403. The number of oxazole rings is 1. The van der Waals surface area contributed by atoms with E-state index in [2.05, 4.69) is 11.9 Å². The van der Waals surface area contributed by atoms with Crippen molar-refractivity contribution in [3.8, 4) is 0 Å². The van der Waals surface area contributed by atoms with Crippen LogP contribution in [0.25, 0.3) is 0 Å². The molecule has 1 saturated carbocycles. The van der Waals surface area contributed by atoms with E-state index >= 15 is 0 Å². The van der Waals surface area contributed by atoms with Gasteiger partial charge in [-0.15, -0.1) is 0 Å². The fraction of sp³-hybridized carbons (Fsp3) is 0.714. The smallest absolute Gasteiger partial charge is 0.373 e. The van der Waals surface area contributed by atoms with E-state index in [4.69, 9.17) is 4.42 Å². The van der Waals surface area contributed by atoms with Crippen molar-refractivity contribution in [1.29, 1.82) is 0 Å². The lowest BCUT2D eigenvalue weighted by Crippen LogP contribution is -2.16. The van der Waals surface area contributed by atoms with Crippen LogP contribution in [-0.2, 0) is 5.41 Å². The summed E-state index contributed by atoms with van der Waals surface area (Å²) in [5.41, 5.74) is 0.251. The van der Waals surface area contributed by atoms with Crippen LogP contribution in [0.15, 0.2) is 4.42 Å². The summed E-state index contributed by atoms with van der Waals surface area (Å²) >= 11 is 0. The second-order valence-corrected chi connectivity index (χ2v) is 6.30. The van der Waals surface area contributed by atoms with Crippen LogP contribution in [0.5, 0.6) is 0 Å². The zero-order valence-electron chi connectivity index (χ0n) is 11.5. The number of aromatic nitrogens is 1. The molecule has 0 radical (unpaired) electrons. The molecule has 0 aliphatic heterocycles. The van der Waals surface area contributed by atoms with Crippen molar-refractivity contribution < 1.29 is 14.3 Å². The molecule has 2 atom stereocenters. The molecule has 2 unspecified atom stereocenters. The van der Waals surface area contributed by atoms with Gasteiger partial charge in [-0.1, -0.05) is 34.1 Å². The van der Waals surface area contributed by atoms with Crippen LogP contribution in [0.2, 0.25) is 0 Å². The SMILES string of the molecule is CC1CCCC1c1nc(C(C)(C)C)c(C(=O)O)o1. The Morgan fingerprint density at radius 3 is 2.44 bits per heavy atom. The Morgan fingerprint density at radius 2 is 2.06 bits per heavy atom. The summed E-state index contributed by atoms with van der Waals surface area (Å²) in [6.45, 7) is 8.05. The third-order valence-electron chi connectivity index (χ3n) is 3.73. The molecule has 2 rings (SSSR count). The lowest BCUT2D eigenvalue weighted by atomic mass is 9.91. The van der Waals surface area contributed by atoms with E-state index in [0.29, 0.717) is 17.5 Å². The molecule has 0 saturated heterocycles. The Labute approximate surface area is 107 Å². The zero-order chi connectivity index (χ0) is 13.5. The van der Waals surface area contributed by atoms with Crippen molar-refractivity contribution in [3.63, 3.8) is 0 Å². The molecule has 1 aromatic heterocycles. The second kappa shape index (κ2) is 4.41. The largest absolute Gasteiger partial charge is 0.475 e. The van der Waals surface area contributed by atoms with Crippen LogP contribution in [-0.4, -0.2) is 16.1 Å². The molecule has 1 N–H and O–H groups in total. The fourth-order valence-electron chi connectivity index (χ4n) is 2.66. The number of carboxylic acids is 1. The maximum absolute atomic E-state index is 11.2. The van der Waals surface area contributed by atoms with Gasteiger partial charge in [-0.3, -0.25) is 0 Å². The molecule has 18 heavy (non-hydrogen) atoms. The quantitative estimate of drug-likeness (QED) is 0.872. The zero-order valence-corrected chi connectivity index (χ0v) is 11.5. The van der Waals surface area contributed by atoms with Crippen LogP contribution in [0, 0.1) is 5.92 Å². The second-order valence-electron chi connectivity index (χ2n) is 6.30.